The number of amides is 1. The number of aliphatic hydroxyl groups excluding tert-OH is 1. The van der Waals surface area contributed by atoms with Crippen molar-refractivity contribution in [2.75, 3.05) is 12.4 Å². The predicted molar refractivity (Wildman–Crippen MR) is 88.5 cm³/mol. The van der Waals surface area contributed by atoms with Gasteiger partial charge < -0.3 is 15.2 Å². The Bertz CT molecular complexity index is 796. The molecule has 0 aromatic heterocycles. The molecule has 0 spiro atoms. The summed E-state index contributed by atoms with van der Waals surface area (Å²) < 4.78 is 4.61. The van der Waals surface area contributed by atoms with E-state index in [1.165, 1.54) is 19.2 Å². The van der Waals surface area contributed by atoms with Gasteiger partial charge in [0.05, 0.1) is 18.4 Å². The van der Waals surface area contributed by atoms with E-state index in [2.05, 4.69) is 10.1 Å². The van der Waals surface area contributed by atoms with E-state index in [1.807, 2.05) is 0 Å². The number of anilines is 1. The van der Waals surface area contributed by atoms with Gasteiger partial charge in [0.15, 0.2) is 0 Å². The highest BCUT2D eigenvalue weighted by Crippen LogP contribution is 2.16. The number of benzene rings is 2. The van der Waals surface area contributed by atoms with Crippen molar-refractivity contribution >= 4 is 29.1 Å². The Hall–Kier alpha value is -3.41. The van der Waals surface area contributed by atoms with Crippen LogP contribution in [0.2, 0.25) is 0 Å². The molecule has 0 radical (unpaired) electrons. The quantitative estimate of drug-likeness (QED) is 0.381. The van der Waals surface area contributed by atoms with Gasteiger partial charge in [-0.1, -0.05) is 42.5 Å². The molecule has 0 heterocycles. The lowest BCUT2D eigenvalue weighted by atomic mass is 10.1. The highest BCUT2D eigenvalue weighted by atomic mass is 16.5. The molecule has 0 bridgehead atoms. The molecule has 2 aromatic carbocycles. The van der Waals surface area contributed by atoms with Crippen LogP contribution in [-0.2, 0) is 14.3 Å². The van der Waals surface area contributed by atoms with Crippen LogP contribution in [0.5, 0.6) is 0 Å². The van der Waals surface area contributed by atoms with Gasteiger partial charge in [0.25, 0.3) is 5.91 Å². The maximum absolute atomic E-state index is 12.0. The zero-order valence-electron chi connectivity index (χ0n) is 12.9. The first-order chi connectivity index (χ1) is 11.5. The molecule has 6 heteroatoms. The number of rotatable bonds is 5. The molecular weight excluding hydrogens is 310 g/mol. The second-order valence-electron chi connectivity index (χ2n) is 4.75. The summed E-state index contributed by atoms with van der Waals surface area (Å²) >= 11 is 0. The first kappa shape index (κ1) is 17.0. The highest BCUT2D eigenvalue weighted by Gasteiger charge is 2.17. The Labute approximate surface area is 138 Å². The molecule has 0 aliphatic carbocycles. The first-order valence-electron chi connectivity index (χ1n) is 7.01. The van der Waals surface area contributed by atoms with Crippen LogP contribution in [0.4, 0.5) is 5.69 Å². The van der Waals surface area contributed by atoms with Gasteiger partial charge in [0.2, 0.25) is 5.78 Å². The summed E-state index contributed by atoms with van der Waals surface area (Å²) in [6.45, 7) is 0. The molecule has 6 nitrogen and oxygen atoms in total. The van der Waals surface area contributed by atoms with Crippen LogP contribution in [-0.4, -0.2) is 29.9 Å². The topological polar surface area (TPSA) is 92.7 Å². The molecule has 0 saturated heterocycles. The SMILES string of the molecule is COC(=O)c1ccccc1NC(=O)C(=O)/C=C(\O)c1ccccc1. The molecule has 2 N–H and O–H groups in total. The molecule has 1 amide bonds. The summed E-state index contributed by atoms with van der Waals surface area (Å²) in [5.74, 6) is -2.89. The van der Waals surface area contributed by atoms with Crippen molar-refractivity contribution in [2.24, 2.45) is 0 Å². The molecule has 0 atom stereocenters. The van der Waals surface area contributed by atoms with Crippen LogP contribution < -0.4 is 5.32 Å². The van der Waals surface area contributed by atoms with Crippen molar-refractivity contribution in [2.45, 2.75) is 0 Å². The summed E-state index contributed by atoms with van der Waals surface area (Å²) in [6.07, 6.45) is 0.825. The number of hydrogen-bond donors (Lipinski definition) is 2. The Morgan fingerprint density at radius 2 is 1.62 bits per heavy atom. The lowest BCUT2D eigenvalue weighted by Crippen LogP contribution is -2.22. The van der Waals surface area contributed by atoms with Crippen LogP contribution in [0.3, 0.4) is 0 Å². The van der Waals surface area contributed by atoms with Gasteiger partial charge in [-0.3, -0.25) is 9.59 Å². The minimum Gasteiger partial charge on any atom is -0.507 e. The van der Waals surface area contributed by atoms with Gasteiger partial charge in [0, 0.05) is 11.6 Å². The van der Waals surface area contributed by atoms with E-state index >= 15 is 0 Å². The van der Waals surface area contributed by atoms with Gasteiger partial charge in [-0.2, -0.15) is 0 Å². The second kappa shape index (κ2) is 7.73. The molecular formula is C18H15NO5. The molecule has 0 unspecified atom stereocenters. The van der Waals surface area contributed by atoms with Crippen molar-refractivity contribution in [1.29, 1.82) is 0 Å². The average Bonchev–Trinajstić information content (AvgIpc) is 2.62. The third-order valence-electron chi connectivity index (χ3n) is 3.14. The van der Waals surface area contributed by atoms with Crippen molar-refractivity contribution in [3.05, 3.63) is 71.8 Å². The number of para-hydroxylation sites is 1. The predicted octanol–water partition coefficient (Wildman–Crippen LogP) is 2.58. The lowest BCUT2D eigenvalue weighted by Gasteiger charge is -2.08. The monoisotopic (exact) mass is 325 g/mol. The molecule has 122 valence electrons. The third-order valence-corrected chi connectivity index (χ3v) is 3.14. The second-order valence-corrected chi connectivity index (χ2v) is 4.75. The summed E-state index contributed by atoms with van der Waals surface area (Å²) in [6, 6.07) is 14.5. The summed E-state index contributed by atoms with van der Waals surface area (Å²) in [5, 5.41) is 12.2. The summed E-state index contributed by atoms with van der Waals surface area (Å²) in [4.78, 5) is 35.5. The summed E-state index contributed by atoms with van der Waals surface area (Å²) in [5.41, 5.74) is 0.682. The van der Waals surface area contributed by atoms with Crippen LogP contribution in [0.1, 0.15) is 15.9 Å². The van der Waals surface area contributed by atoms with E-state index in [1.54, 1.807) is 42.5 Å². The Morgan fingerprint density at radius 3 is 2.29 bits per heavy atom. The van der Waals surface area contributed by atoms with Crippen molar-refractivity contribution in [3.63, 3.8) is 0 Å². The normalized spacial score (nSPS) is 10.8. The minimum atomic E-state index is -0.978. The van der Waals surface area contributed by atoms with E-state index in [-0.39, 0.29) is 17.0 Å². The van der Waals surface area contributed by atoms with Gasteiger partial charge >= 0.3 is 5.97 Å². The minimum absolute atomic E-state index is 0.123. The zero-order chi connectivity index (χ0) is 17.5. The number of ketones is 1. The highest BCUT2D eigenvalue weighted by molar-refractivity contribution is 6.45. The Morgan fingerprint density at radius 1 is 1.00 bits per heavy atom. The molecule has 2 rings (SSSR count). The number of esters is 1. The fraction of sp³-hybridized carbons (Fsp3) is 0.0556. The number of methoxy groups -OCH3 is 1. The van der Waals surface area contributed by atoms with Gasteiger partial charge in [-0.25, -0.2) is 4.79 Å². The molecule has 24 heavy (non-hydrogen) atoms. The van der Waals surface area contributed by atoms with Gasteiger partial charge in [0.1, 0.15) is 5.76 Å². The molecule has 0 aliphatic heterocycles. The largest absolute Gasteiger partial charge is 0.507 e. The Balaban J connectivity index is 2.16. The zero-order valence-corrected chi connectivity index (χ0v) is 12.9. The van der Waals surface area contributed by atoms with Gasteiger partial charge in [-0.05, 0) is 12.1 Å². The molecule has 0 saturated carbocycles. The van der Waals surface area contributed by atoms with Crippen molar-refractivity contribution in [1.82, 2.24) is 0 Å². The fourth-order valence-corrected chi connectivity index (χ4v) is 1.95. The number of nitrogens with one attached hydrogen (secondary N) is 1. The van der Waals surface area contributed by atoms with E-state index in [4.69, 9.17) is 0 Å². The van der Waals surface area contributed by atoms with Crippen molar-refractivity contribution in [3.8, 4) is 0 Å². The third kappa shape index (κ3) is 4.07. The number of carbonyl (C=O) groups excluding carboxylic acids is 3. The van der Waals surface area contributed by atoms with Crippen LogP contribution in [0.25, 0.3) is 5.76 Å². The average molecular weight is 325 g/mol. The number of hydrogen-bond acceptors (Lipinski definition) is 5. The van der Waals surface area contributed by atoms with Crippen LogP contribution in [0.15, 0.2) is 60.7 Å². The molecule has 2 aromatic rings. The van der Waals surface area contributed by atoms with Crippen molar-refractivity contribution < 1.29 is 24.2 Å². The number of aliphatic hydroxyl groups is 1. The molecule has 0 fully saturated rings. The molecule has 0 aliphatic rings. The van der Waals surface area contributed by atoms with Crippen LogP contribution in [0, 0.1) is 0 Å². The number of carbonyl (C=O) groups is 3. The first-order valence-corrected chi connectivity index (χ1v) is 7.01. The van der Waals surface area contributed by atoms with E-state index in [0.717, 1.165) is 6.08 Å². The van der Waals surface area contributed by atoms with Gasteiger partial charge in [-0.15, -0.1) is 0 Å². The maximum atomic E-state index is 12.0. The fourth-order valence-electron chi connectivity index (χ4n) is 1.95. The van der Waals surface area contributed by atoms with E-state index in [0.29, 0.717) is 5.56 Å². The standard InChI is InChI=1S/C18H15NO5/c1-24-18(23)13-9-5-6-10-14(13)19-17(22)16(21)11-15(20)12-7-3-2-4-8-12/h2-11,20H,1H3,(H,19,22)/b15-11-. The Kier molecular flexibility index (Phi) is 5.46. The smallest absolute Gasteiger partial charge is 0.339 e. The lowest BCUT2D eigenvalue weighted by molar-refractivity contribution is -0.131. The van der Waals surface area contributed by atoms with Crippen LogP contribution >= 0.6 is 0 Å². The van der Waals surface area contributed by atoms with E-state index in [9.17, 15) is 19.5 Å². The summed E-state index contributed by atoms with van der Waals surface area (Å²) in [7, 11) is 1.22. The maximum Gasteiger partial charge on any atom is 0.339 e. The van der Waals surface area contributed by atoms with E-state index < -0.39 is 17.7 Å². The number of ether oxygens (including phenoxy) is 1.